The van der Waals surface area contributed by atoms with E-state index in [0.29, 0.717) is 10.8 Å². The highest BCUT2D eigenvalue weighted by atomic mass is 32.2. The van der Waals surface area contributed by atoms with E-state index in [0.717, 1.165) is 0 Å². The lowest BCUT2D eigenvalue weighted by molar-refractivity contribution is -0.383. The molecule has 0 fully saturated rings. The number of imidazole rings is 1. The van der Waals surface area contributed by atoms with Gasteiger partial charge in [-0.1, -0.05) is 23.9 Å². The van der Waals surface area contributed by atoms with Gasteiger partial charge in [-0.2, -0.15) is 0 Å². The van der Waals surface area contributed by atoms with E-state index in [1.165, 1.54) is 78.0 Å². The molecule has 0 saturated heterocycles. The number of hydrogen-bond acceptors (Lipinski definition) is 7. The molecular weight excluding hydrogens is 427 g/mol. The SMILES string of the molecule is CSc1ncc(C(=O)OC(C)C(=O)Nc2ccccc2[N+](=O)[O-])n1-c1ccc(F)cc1. The van der Waals surface area contributed by atoms with Crippen molar-refractivity contribution in [3.8, 4) is 5.69 Å². The molecule has 2 aromatic carbocycles. The van der Waals surface area contributed by atoms with Crippen LogP contribution in [0.4, 0.5) is 15.8 Å². The topological polar surface area (TPSA) is 116 Å². The Labute approximate surface area is 180 Å². The van der Waals surface area contributed by atoms with Crippen molar-refractivity contribution in [1.29, 1.82) is 0 Å². The molecule has 0 aliphatic rings. The molecule has 0 saturated carbocycles. The number of thioether (sulfide) groups is 1. The summed E-state index contributed by atoms with van der Waals surface area (Å²) in [6.07, 6.45) is 1.81. The highest BCUT2D eigenvalue weighted by molar-refractivity contribution is 7.98. The third kappa shape index (κ3) is 4.89. The number of nitro groups is 1. The molecule has 11 heteroatoms. The number of para-hydroxylation sites is 2. The van der Waals surface area contributed by atoms with E-state index in [2.05, 4.69) is 10.3 Å². The van der Waals surface area contributed by atoms with Crippen LogP contribution in [-0.4, -0.2) is 38.7 Å². The summed E-state index contributed by atoms with van der Waals surface area (Å²) < 4.78 is 20.0. The summed E-state index contributed by atoms with van der Waals surface area (Å²) in [5, 5.41) is 14.0. The Balaban J connectivity index is 1.79. The second kappa shape index (κ2) is 9.39. The highest BCUT2D eigenvalue weighted by Crippen LogP contribution is 2.25. The molecule has 0 bridgehead atoms. The van der Waals surface area contributed by atoms with Crippen molar-refractivity contribution >= 4 is 35.0 Å². The molecule has 160 valence electrons. The first-order valence-electron chi connectivity index (χ1n) is 8.94. The molecule has 1 heterocycles. The van der Waals surface area contributed by atoms with Crippen LogP contribution in [0, 0.1) is 15.9 Å². The molecule has 9 nitrogen and oxygen atoms in total. The van der Waals surface area contributed by atoms with Crippen LogP contribution in [0.5, 0.6) is 0 Å². The minimum Gasteiger partial charge on any atom is -0.448 e. The van der Waals surface area contributed by atoms with Gasteiger partial charge >= 0.3 is 5.97 Å². The molecule has 0 aliphatic carbocycles. The Kier molecular flexibility index (Phi) is 6.65. The lowest BCUT2D eigenvalue weighted by atomic mass is 10.2. The van der Waals surface area contributed by atoms with Crippen LogP contribution in [0.15, 0.2) is 59.9 Å². The van der Waals surface area contributed by atoms with Crippen LogP contribution in [-0.2, 0) is 9.53 Å². The zero-order valence-electron chi connectivity index (χ0n) is 16.4. The second-order valence-corrected chi connectivity index (χ2v) is 7.03. The predicted molar refractivity (Wildman–Crippen MR) is 112 cm³/mol. The fourth-order valence-electron chi connectivity index (χ4n) is 2.71. The smallest absolute Gasteiger partial charge is 0.357 e. The fourth-order valence-corrected chi connectivity index (χ4v) is 3.25. The molecule has 0 aliphatic heterocycles. The maximum Gasteiger partial charge on any atom is 0.357 e. The molecule has 1 aromatic heterocycles. The monoisotopic (exact) mass is 444 g/mol. The second-order valence-electron chi connectivity index (χ2n) is 6.25. The van der Waals surface area contributed by atoms with E-state index in [9.17, 15) is 24.1 Å². The van der Waals surface area contributed by atoms with Crippen LogP contribution in [0.3, 0.4) is 0 Å². The third-order valence-electron chi connectivity index (χ3n) is 4.22. The van der Waals surface area contributed by atoms with E-state index in [4.69, 9.17) is 4.74 Å². The summed E-state index contributed by atoms with van der Waals surface area (Å²) in [5.74, 6) is -2.00. The van der Waals surface area contributed by atoms with Crippen LogP contribution in [0.2, 0.25) is 0 Å². The summed E-state index contributed by atoms with van der Waals surface area (Å²) in [4.78, 5) is 39.8. The molecule has 31 heavy (non-hydrogen) atoms. The molecule has 0 radical (unpaired) electrons. The number of nitro benzene ring substituents is 1. The Morgan fingerprint density at radius 1 is 1.23 bits per heavy atom. The molecular formula is C20H17FN4O5S. The van der Waals surface area contributed by atoms with Crippen molar-refractivity contribution in [2.45, 2.75) is 18.2 Å². The molecule has 1 amide bonds. The number of hydrogen-bond donors (Lipinski definition) is 1. The van der Waals surface area contributed by atoms with Crippen LogP contribution >= 0.6 is 11.8 Å². The molecule has 1 unspecified atom stereocenters. The number of aromatic nitrogens is 2. The van der Waals surface area contributed by atoms with Gasteiger partial charge in [-0.25, -0.2) is 14.2 Å². The average molecular weight is 444 g/mol. The van der Waals surface area contributed by atoms with Gasteiger partial charge in [-0.3, -0.25) is 19.5 Å². The predicted octanol–water partition coefficient (Wildman–Crippen LogP) is 3.83. The fraction of sp³-hybridized carbons (Fsp3) is 0.150. The van der Waals surface area contributed by atoms with E-state index in [-0.39, 0.29) is 17.1 Å². The minimum atomic E-state index is -1.25. The number of ether oxygens (including phenoxy) is 1. The maximum absolute atomic E-state index is 13.3. The van der Waals surface area contributed by atoms with Gasteiger partial charge in [-0.15, -0.1) is 0 Å². The number of carbonyl (C=O) groups is 2. The van der Waals surface area contributed by atoms with Gasteiger partial charge in [0.25, 0.3) is 11.6 Å². The Bertz CT molecular complexity index is 1130. The Hall–Kier alpha value is -3.73. The average Bonchev–Trinajstić information content (AvgIpc) is 3.18. The van der Waals surface area contributed by atoms with Gasteiger partial charge in [0.15, 0.2) is 17.0 Å². The standard InChI is InChI=1S/C20H17FN4O5S/c1-12(18(26)23-15-5-3-4-6-16(15)25(28)29)30-19(27)17-11-22-20(31-2)24(17)14-9-7-13(21)8-10-14/h3-12H,1-2H3,(H,23,26). The van der Waals surface area contributed by atoms with Gasteiger partial charge < -0.3 is 10.1 Å². The highest BCUT2D eigenvalue weighted by Gasteiger charge is 2.25. The van der Waals surface area contributed by atoms with Crippen molar-refractivity contribution in [1.82, 2.24) is 9.55 Å². The first kappa shape index (κ1) is 22.0. The third-order valence-corrected chi connectivity index (χ3v) is 4.87. The van der Waals surface area contributed by atoms with E-state index >= 15 is 0 Å². The maximum atomic E-state index is 13.3. The first-order valence-corrected chi connectivity index (χ1v) is 10.2. The van der Waals surface area contributed by atoms with Crippen LogP contribution in [0.1, 0.15) is 17.4 Å². The Morgan fingerprint density at radius 3 is 2.55 bits per heavy atom. The minimum absolute atomic E-state index is 0.0126. The van der Waals surface area contributed by atoms with Crippen LogP contribution in [0.25, 0.3) is 5.69 Å². The molecule has 1 atom stereocenters. The normalized spacial score (nSPS) is 11.6. The summed E-state index contributed by atoms with van der Waals surface area (Å²) >= 11 is 1.27. The lowest BCUT2D eigenvalue weighted by Gasteiger charge is -2.15. The largest absolute Gasteiger partial charge is 0.448 e. The number of benzene rings is 2. The van der Waals surface area contributed by atoms with Gasteiger partial charge in [0.05, 0.1) is 11.1 Å². The summed E-state index contributed by atoms with van der Waals surface area (Å²) in [5.41, 5.74) is 0.239. The molecule has 1 N–H and O–H groups in total. The van der Waals surface area contributed by atoms with Gasteiger partial charge in [0, 0.05) is 11.8 Å². The van der Waals surface area contributed by atoms with Gasteiger partial charge in [0.2, 0.25) is 0 Å². The summed E-state index contributed by atoms with van der Waals surface area (Å²) in [6, 6.07) is 11.1. The van der Waals surface area contributed by atoms with E-state index in [1.807, 2.05) is 0 Å². The Morgan fingerprint density at radius 2 is 1.90 bits per heavy atom. The first-order chi connectivity index (χ1) is 14.8. The molecule has 3 rings (SSSR count). The number of anilines is 1. The van der Waals surface area contributed by atoms with Crippen molar-refractivity contribution in [2.24, 2.45) is 0 Å². The number of halogens is 1. The zero-order valence-corrected chi connectivity index (χ0v) is 17.3. The summed E-state index contributed by atoms with van der Waals surface area (Å²) in [7, 11) is 0. The molecule has 0 spiro atoms. The van der Waals surface area contributed by atoms with Crippen molar-refractivity contribution < 1.29 is 23.6 Å². The number of nitrogens with one attached hydrogen (secondary N) is 1. The van der Waals surface area contributed by atoms with Crippen molar-refractivity contribution in [2.75, 3.05) is 11.6 Å². The zero-order chi connectivity index (χ0) is 22.5. The molecule has 3 aromatic rings. The quantitative estimate of drug-likeness (QED) is 0.255. The van der Waals surface area contributed by atoms with E-state index in [1.54, 1.807) is 6.26 Å². The van der Waals surface area contributed by atoms with E-state index < -0.39 is 28.7 Å². The number of esters is 1. The van der Waals surface area contributed by atoms with Crippen molar-refractivity contribution in [3.63, 3.8) is 0 Å². The number of rotatable bonds is 7. The van der Waals surface area contributed by atoms with Crippen molar-refractivity contribution in [3.05, 3.63) is 76.4 Å². The van der Waals surface area contributed by atoms with Gasteiger partial charge in [-0.05, 0) is 43.5 Å². The number of amides is 1. The number of carbonyl (C=O) groups excluding carboxylic acids is 2. The van der Waals surface area contributed by atoms with Crippen LogP contribution < -0.4 is 5.32 Å². The van der Waals surface area contributed by atoms with Gasteiger partial charge in [0.1, 0.15) is 11.5 Å². The lowest BCUT2D eigenvalue weighted by Crippen LogP contribution is -2.30. The summed E-state index contributed by atoms with van der Waals surface area (Å²) in [6.45, 7) is 1.34. The number of nitrogens with zero attached hydrogens (tertiary/aromatic N) is 3.